The molecule has 1 heterocycles. The van der Waals surface area contributed by atoms with Gasteiger partial charge in [0, 0.05) is 6.42 Å². The standard InChI is InChI=1S/C6H9F3N2O2/c7-6(8,9)5(11-10)3-4(12)1-2-13-5/h11H,1-3,10H2. The van der Waals surface area contributed by atoms with Crippen LogP contribution in [-0.2, 0) is 9.53 Å². The molecule has 1 aliphatic rings. The van der Waals surface area contributed by atoms with Crippen LogP contribution in [0.2, 0.25) is 0 Å². The van der Waals surface area contributed by atoms with Crippen molar-refractivity contribution >= 4 is 5.78 Å². The number of carbonyl (C=O) groups excluding carboxylic acids is 1. The van der Waals surface area contributed by atoms with Gasteiger partial charge in [-0.25, -0.2) is 5.43 Å². The average molecular weight is 198 g/mol. The monoisotopic (exact) mass is 198 g/mol. The Morgan fingerprint density at radius 2 is 2.15 bits per heavy atom. The molecule has 1 rings (SSSR count). The Bertz CT molecular complexity index is 218. The number of alkyl halides is 3. The fraction of sp³-hybridized carbons (Fsp3) is 0.833. The van der Waals surface area contributed by atoms with E-state index in [2.05, 4.69) is 4.74 Å². The summed E-state index contributed by atoms with van der Waals surface area (Å²) in [7, 11) is 0. The first-order valence-corrected chi connectivity index (χ1v) is 3.61. The molecule has 7 heteroatoms. The van der Waals surface area contributed by atoms with Crippen LogP contribution in [0.4, 0.5) is 13.2 Å². The first-order valence-electron chi connectivity index (χ1n) is 3.61. The summed E-state index contributed by atoms with van der Waals surface area (Å²) in [4.78, 5) is 10.8. The minimum absolute atomic E-state index is 0.000486. The number of hydrogen-bond acceptors (Lipinski definition) is 4. The molecule has 1 fully saturated rings. The molecule has 13 heavy (non-hydrogen) atoms. The first kappa shape index (κ1) is 10.4. The van der Waals surface area contributed by atoms with Crippen LogP contribution in [-0.4, -0.2) is 24.3 Å². The normalized spacial score (nSPS) is 30.6. The Balaban J connectivity index is 2.86. The van der Waals surface area contributed by atoms with E-state index in [4.69, 9.17) is 5.84 Å². The molecule has 1 unspecified atom stereocenters. The van der Waals surface area contributed by atoms with Gasteiger partial charge in [0.15, 0.2) is 0 Å². The quantitative estimate of drug-likeness (QED) is 0.463. The van der Waals surface area contributed by atoms with E-state index in [0.717, 1.165) is 0 Å². The van der Waals surface area contributed by atoms with Crippen LogP contribution in [0.15, 0.2) is 0 Å². The lowest BCUT2D eigenvalue weighted by Gasteiger charge is -2.36. The van der Waals surface area contributed by atoms with Crippen LogP contribution < -0.4 is 11.3 Å². The van der Waals surface area contributed by atoms with Gasteiger partial charge < -0.3 is 4.74 Å². The SMILES string of the molecule is NNC1(C(F)(F)F)CC(=O)CCO1. The van der Waals surface area contributed by atoms with E-state index in [-0.39, 0.29) is 13.0 Å². The molecular weight excluding hydrogens is 189 g/mol. The summed E-state index contributed by atoms with van der Waals surface area (Å²) in [5.74, 6) is 4.23. The van der Waals surface area contributed by atoms with Crippen molar-refractivity contribution in [3.63, 3.8) is 0 Å². The van der Waals surface area contributed by atoms with Crippen molar-refractivity contribution in [1.29, 1.82) is 0 Å². The third-order valence-corrected chi connectivity index (χ3v) is 1.87. The molecule has 0 spiro atoms. The van der Waals surface area contributed by atoms with Gasteiger partial charge >= 0.3 is 6.18 Å². The lowest BCUT2D eigenvalue weighted by molar-refractivity contribution is -0.296. The van der Waals surface area contributed by atoms with Crippen molar-refractivity contribution in [1.82, 2.24) is 5.43 Å². The highest BCUT2D eigenvalue weighted by molar-refractivity contribution is 5.80. The third kappa shape index (κ3) is 1.82. The Labute approximate surface area is 72.2 Å². The maximum absolute atomic E-state index is 12.4. The third-order valence-electron chi connectivity index (χ3n) is 1.87. The number of halogens is 3. The second-order valence-electron chi connectivity index (χ2n) is 2.78. The summed E-state index contributed by atoms with van der Waals surface area (Å²) in [6, 6.07) is 0. The molecule has 0 radical (unpaired) electrons. The first-order chi connectivity index (χ1) is 5.91. The number of ketones is 1. The van der Waals surface area contributed by atoms with Crippen molar-refractivity contribution < 1.29 is 22.7 Å². The highest BCUT2D eigenvalue weighted by Gasteiger charge is 2.58. The summed E-state index contributed by atoms with van der Waals surface area (Å²) in [6.45, 7) is -0.261. The van der Waals surface area contributed by atoms with E-state index >= 15 is 0 Å². The number of hydrogen-bond donors (Lipinski definition) is 2. The van der Waals surface area contributed by atoms with E-state index in [0.29, 0.717) is 0 Å². The van der Waals surface area contributed by atoms with E-state index in [1.165, 1.54) is 5.43 Å². The average Bonchev–Trinajstić information content (AvgIpc) is 2.02. The molecular formula is C6H9F3N2O2. The molecule has 0 aromatic heterocycles. The van der Waals surface area contributed by atoms with Crippen LogP contribution >= 0.6 is 0 Å². The minimum Gasteiger partial charge on any atom is -0.350 e. The Morgan fingerprint density at radius 1 is 1.54 bits per heavy atom. The van der Waals surface area contributed by atoms with Gasteiger partial charge in [-0.1, -0.05) is 0 Å². The fourth-order valence-corrected chi connectivity index (χ4v) is 1.11. The summed E-state index contributed by atoms with van der Waals surface area (Å²) < 4.78 is 41.5. The van der Waals surface area contributed by atoms with Crippen molar-refractivity contribution in [3.05, 3.63) is 0 Å². The second kappa shape index (κ2) is 3.24. The fourth-order valence-electron chi connectivity index (χ4n) is 1.11. The topological polar surface area (TPSA) is 64.3 Å². The summed E-state index contributed by atoms with van der Waals surface area (Å²) in [5, 5.41) is 0. The zero-order chi connectivity index (χ0) is 10.1. The molecule has 1 saturated heterocycles. The van der Waals surface area contributed by atoms with E-state index in [1.54, 1.807) is 0 Å². The van der Waals surface area contributed by atoms with Crippen molar-refractivity contribution in [2.24, 2.45) is 5.84 Å². The van der Waals surface area contributed by atoms with Crippen LogP contribution in [0, 0.1) is 0 Å². The molecule has 0 aromatic rings. The molecule has 1 aliphatic heterocycles. The molecule has 76 valence electrons. The lowest BCUT2D eigenvalue weighted by Crippen LogP contribution is -2.64. The number of rotatable bonds is 1. The molecule has 4 nitrogen and oxygen atoms in total. The van der Waals surface area contributed by atoms with E-state index in [1.807, 2.05) is 0 Å². The minimum atomic E-state index is -4.68. The zero-order valence-corrected chi connectivity index (χ0v) is 6.65. The van der Waals surface area contributed by atoms with Crippen LogP contribution in [0.1, 0.15) is 12.8 Å². The predicted octanol–water partition coefficient (Wildman–Crippen LogP) is 0.0878. The molecule has 0 bridgehead atoms. The van der Waals surface area contributed by atoms with Crippen molar-refractivity contribution in [2.75, 3.05) is 6.61 Å². The smallest absolute Gasteiger partial charge is 0.350 e. The van der Waals surface area contributed by atoms with Crippen molar-refractivity contribution in [2.45, 2.75) is 24.7 Å². The van der Waals surface area contributed by atoms with E-state index < -0.39 is 24.1 Å². The summed E-state index contributed by atoms with van der Waals surface area (Å²) >= 11 is 0. The lowest BCUT2D eigenvalue weighted by atomic mass is 10.0. The Kier molecular flexibility index (Phi) is 2.60. The molecule has 3 N–H and O–H groups in total. The number of ether oxygens (including phenoxy) is 1. The maximum atomic E-state index is 12.4. The molecule has 0 aromatic carbocycles. The Morgan fingerprint density at radius 3 is 2.46 bits per heavy atom. The van der Waals surface area contributed by atoms with Gasteiger partial charge in [-0.05, 0) is 0 Å². The van der Waals surface area contributed by atoms with Gasteiger partial charge in [0.25, 0.3) is 0 Å². The van der Waals surface area contributed by atoms with Crippen LogP contribution in [0.25, 0.3) is 0 Å². The molecule has 0 amide bonds. The van der Waals surface area contributed by atoms with Crippen molar-refractivity contribution in [3.8, 4) is 0 Å². The second-order valence-corrected chi connectivity index (χ2v) is 2.78. The van der Waals surface area contributed by atoms with Gasteiger partial charge in [-0.15, -0.1) is 0 Å². The van der Waals surface area contributed by atoms with Crippen LogP contribution in [0.3, 0.4) is 0 Å². The van der Waals surface area contributed by atoms with E-state index in [9.17, 15) is 18.0 Å². The van der Waals surface area contributed by atoms with Crippen LogP contribution in [0.5, 0.6) is 0 Å². The largest absolute Gasteiger partial charge is 0.432 e. The molecule has 1 atom stereocenters. The number of hydrazine groups is 1. The highest BCUT2D eigenvalue weighted by Crippen LogP contribution is 2.36. The molecule has 0 aliphatic carbocycles. The van der Waals surface area contributed by atoms with Gasteiger partial charge in [0.1, 0.15) is 5.78 Å². The highest BCUT2D eigenvalue weighted by atomic mass is 19.4. The predicted molar refractivity (Wildman–Crippen MR) is 36.3 cm³/mol. The maximum Gasteiger partial charge on any atom is 0.432 e. The van der Waals surface area contributed by atoms with Gasteiger partial charge in [-0.2, -0.15) is 13.2 Å². The number of nitrogens with two attached hydrogens (primary N) is 1. The zero-order valence-electron chi connectivity index (χ0n) is 6.65. The van der Waals surface area contributed by atoms with Gasteiger partial charge in [-0.3, -0.25) is 10.6 Å². The molecule has 0 saturated carbocycles. The number of Topliss-reactive ketones (excluding diaryl/α,β-unsaturated/α-hetero) is 1. The Hall–Kier alpha value is -0.660. The number of nitrogens with one attached hydrogen (secondary N) is 1. The number of carbonyl (C=O) groups is 1. The summed E-state index contributed by atoms with van der Waals surface area (Å²) in [5.41, 5.74) is -1.17. The van der Waals surface area contributed by atoms with Gasteiger partial charge in [0.05, 0.1) is 13.0 Å². The van der Waals surface area contributed by atoms with Gasteiger partial charge in [0.2, 0.25) is 5.72 Å². The summed E-state index contributed by atoms with van der Waals surface area (Å²) in [6.07, 6.45) is -5.45.